The standard InChI is InChI=1S/C9H15N3/c1-2-9(11-5-1)12-8-3-6-10-7-4-8/h1-2,5,8,10-12H,3-4,6-7H2. The summed E-state index contributed by atoms with van der Waals surface area (Å²) < 4.78 is 0. The average Bonchev–Trinajstić information content (AvgIpc) is 2.59. The summed E-state index contributed by atoms with van der Waals surface area (Å²) in [5.74, 6) is 1.14. The lowest BCUT2D eigenvalue weighted by atomic mass is 10.1. The largest absolute Gasteiger partial charge is 0.369 e. The summed E-state index contributed by atoms with van der Waals surface area (Å²) in [6, 6.07) is 4.73. The smallest absolute Gasteiger partial charge is 0.103 e. The molecule has 0 aliphatic carbocycles. The Labute approximate surface area is 72.6 Å². The highest BCUT2D eigenvalue weighted by Gasteiger charge is 2.11. The fourth-order valence-electron chi connectivity index (χ4n) is 1.61. The van der Waals surface area contributed by atoms with E-state index in [0.717, 1.165) is 18.9 Å². The first-order valence-corrected chi connectivity index (χ1v) is 4.56. The van der Waals surface area contributed by atoms with Crippen LogP contribution in [-0.2, 0) is 0 Å². The van der Waals surface area contributed by atoms with Crippen LogP contribution in [0.3, 0.4) is 0 Å². The van der Waals surface area contributed by atoms with Gasteiger partial charge < -0.3 is 15.6 Å². The molecule has 1 aliphatic rings. The van der Waals surface area contributed by atoms with Gasteiger partial charge in [0.2, 0.25) is 0 Å². The molecule has 12 heavy (non-hydrogen) atoms. The molecule has 1 aromatic heterocycles. The number of hydrogen-bond acceptors (Lipinski definition) is 2. The highest BCUT2D eigenvalue weighted by atomic mass is 15.0. The van der Waals surface area contributed by atoms with Gasteiger partial charge in [-0.1, -0.05) is 0 Å². The van der Waals surface area contributed by atoms with Crippen molar-refractivity contribution >= 4 is 5.82 Å². The third-order valence-electron chi connectivity index (χ3n) is 2.30. The fourth-order valence-corrected chi connectivity index (χ4v) is 1.61. The zero-order valence-electron chi connectivity index (χ0n) is 7.14. The molecule has 66 valence electrons. The molecule has 0 atom stereocenters. The van der Waals surface area contributed by atoms with Crippen LogP contribution >= 0.6 is 0 Å². The highest BCUT2D eigenvalue weighted by Crippen LogP contribution is 2.10. The molecule has 1 fully saturated rings. The number of aromatic nitrogens is 1. The van der Waals surface area contributed by atoms with Crippen molar-refractivity contribution in [1.29, 1.82) is 0 Å². The lowest BCUT2D eigenvalue weighted by Gasteiger charge is -2.23. The van der Waals surface area contributed by atoms with Crippen LogP contribution in [0.4, 0.5) is 5.82 Å². The molecule has 1 saturated heterocycles. The summed E-state index contributed by atoms with van der Waals surface area (Å²) >= 11 is 0. The van der Waals surface area contributed by atoms with Gasteiger partial charge in [0.1, 0.15) is 5.82 Å². The van der Waals surface area contributed by atoms with E-state index in [9.17, 15) is 0 Å². The van der Waals surface area contributed by atoms with Crippen molar-refractivity contribution < 1.29 is 0 Å². The predicted octanol–water partition coefficient (Wildman–Crippen LogP) is 1.18. The van der Waals surface area contributed by atoms with Crippen LogP contribution in [0.1, 0.15) is 12.8 Å². The second kappa shape index (κ2) is 3.63. The molecule has 3 nitrogen and oxygen atoms in total. The minimum atomic E-state index is 0.643. The third-order valence-corrected chi connectivity index (χ3v) is 2.30. The van der Waals surface area contributed by atoms with E-state index in [1.165, 1.54) is 12.8 Å². The summed E-state index contributed by atoms with van der Waals surface area (Å²) in [4.78, 5) is 3.15. The van der Waals surface area contributed by atoms with Gasteiger partial charge in [0.05, 0.1) is 0 Å². The number of piperidine rings is 1. The van der Waals surface area contributed by atoms with E-state index in [1.807, 2.05) is 12.3 Å². The Kier molecular flexibility index (Phi) is 2.32. The topological polar surface area (TPSA) is 39.9 Å². The Morgan fingerprint density at radius 1 is 1.33 bits per heavy atom. The predicted molar refractivity (Wildman–Crippen MR) is 50.3 cm³/mol. The molecule has 0 saturated carbocycles. The first kappa shape index (κ1) is 7.68. The number of nitrogens with one attached hydrogen (secondary N) is 3. The SMILES string of the molecule is c1c[nH]c(NC2CCNCC2)c1. The van der Waals surface area contributed by atoms with Crippen LogP contribution in [0.25, 0.3) is 0 Å². The molecule has 3 heteroatoms. The third kappa shape index (κ3) is 1.80. The fraction of sp³-hybridized carbons (Fsp3) is 0.556. The monoisotopic (exact) mass is 165 g/mol. The van der Waals surface area contributed by atoms with Crippen molar-refractivity contribution in [3.8, 4) is 0 Å². The zero-order valence-corrected chi connectivity index (χ0v) is 7.14. The molecule has 0 bridgehead atoms. The van der Waals surface area contributed by atoms with Gasteiger partial charge in [0, 0.05) is 12.2 Å². The Balaban J connectivity index is 1.86. The van der Waals surface area contributed by atoms with E-state index in [0.29, 0.717) is 6.04 Å². The van der Waals surface area contributed by atoms with E-state index in [-0.39, 0.29) is 0 Å². The van der Waals surface area contributed by atoms with Crippen LogP contribution in [0.2, 0.25) is 0 Å². The van der Waals surface area contributed by atoms with Gasteiger partial charge in [-0.15, -0.1) is 0 Å². The number of anilines is 1. The van der Waals surface area contributed by atoms with Gasteiger partial charge in [-0.3, -0.25) is 0 Å². The van der Waals surface area contributed by atoms with E-state index in [1.54, 1.807) is 0 Å². The van der Waals surface area contributed by atoms with E-state index < -0.39 is 0 Å². The van der Waals surface area contributed by atoms with E-state index in [4.69, 9.17) is 0 Å². The maximum absolute atomic E-state index is 3.47. The van der Waals surface area contributed by atoms with Gasteiger partial charge in [0.25, 0.3) is 0 Å². The lowest BCUT2D eigenvalue weighted by Crippen LogP contribution is -2.35. The van der Waals surface area contributed by atoms with Gasteiger partial charge in [-0.05, 0) is 38.1 Å². The minimum Gasteiger partial charge on any atom is -0.369 e. The van der Waals surface area contributed by atoms with Crippen molar-refractivity contribution in [2.75, 3.05) is 18.4 Å². The van der Waals surface area contributed by atoms with Crippen LogP contribution in [0.15, 0.2) is 18.3 Å². The minimum absolute atomic E-state index is 0.643. The van der Waals surface area contributed by atoms with Crippen molar-refractivity contribution in [3.63, 3.8) is 0 Å². The van der Waals surface area contributed by atoms with Gasteiger partial charge in [0.15, 0.2) is 0 Å². The number of hydrogen-bond donors (Lipinski definition) is 3. The summed E-state index contributed by atoms with van der Waals surface area (Å²) in [5, 5.41) is 6.81. The molecule has 0 spiro atoms. The second-order valence-electron chi connectivity index (χ2n) is 3.25. The van der Waals surface area contributed by atoms with Gasteiger partial charge in [-0.2, -0.15) is 0 Å². The molecular weight excluding hydrogens is 150 g/mol. The summed E-state index contributed by atoms with van der Waals surface area (Å²) in [6.07, 6.45) is 4.39. The van der Waals surface area contributed by atoms with Crippen LogP contribution in [0, 0.1) is 0 Å². The molecule has 1 aromatic rings. The highest BCUT2D eigenvalue weighted by molar-refractivity contribution is 5.35. The molecule has 2 rings (SSSR count). The molecule has 0 amide bonds. The molecular formula is C9H15N3. The Morgan fingerprint density at radius 3 is 2.83 bits per heavy atom. The van der Waals surface area contributed by atoms with Crippen molar-refractivity contribution in [1.82, 2.24) is 10.3 Å². The molecule has 1 aliphatic heterocycles. The van der Waals surface area contributed by atoms with E-state index >= 15 is 0 Å². The quantitative estimate of drug-likeness (QED) is 0.616. The van der Waals surface area contributed by atoms with Crippen LogP contribution < -0.4 is 10.6 Å². The number of rotatable bonds is 2. The number of aromatic amines is 1. The van der Waals surface area contributed by atoms with Crippen LogP contribution in [0.5, 0.6) is 0 Å². The van der Waals surface area contributed by atoms with Crippen molar-refractivity contribution in [3.05, 3.63) is 18.3 Å². The maximum atomic E-state index is 3.47. The first-order valence-electron chi connectivity index (χ1n) is 4.56. The molecule has 0 unspecified atom stereocenters. The van der Waals surface area contributed by atoms with Crippen molar-refractivity contribution in [2.24, 2.45) is 0 Å². The Hall–Kier alpha value is -0.960. The molecule has 0 aromatic carbocycles. The molecule has 2 heterocycles. The van der Waals surface area contributed by atoms with Crippen molar-refractivity contribution in [2.45, 2.75) is 18.9 Å². The second-order valence-corrected chi connectivity index (χ2v) is 3.25. The summed E-state index contributed by atoms with van der Waals surface area (Å²) in [6.45, 7) is 2.27. The first-order chi connectivity index (χ1) is 5.95. The Bertz CT molecular complexity index is 212. The summed E-state index contributed by atoms with van der Waals surface area (Å²) in [7, 11) is 0. The maximum Gasteiger partial charge on any atom is 0.103 e. The summed E-state index contributed by atoms with van der Waals surface area (Å²) in [5.41, 5.74) is 0. The average molecular weight is 165 g/mol. The van der Waals surface area contributed by atoms with Crippen LogP contribution in [-0.4, -0.2) is 24.1 Å². The molecule has 0 radical (unpaired) electrons. The lowest BCUT2D eigenvalue weighted by molar-refractivity contribution is 0.478. The Morgan fingerprint density at radius 2 is 2.17 bits per heavy atom. The molecule has 3 N–H and O–H groups in total. The normalized spacial score (nSPS) is 19.3. The van der Waals surface area contributed by atoms with Gasteiger partial charge >= 0.3 is 0 Å². The zero-order chi connectivity index (χ0) is 8.23. The van der Waals surface area contributed by atoms with E-state index in [2.05, 4.69) is 21.7 Å². The van der Waals surface area contributed by atoms with Gasteiger partial charge in [-0.25, -0.2) is 0 Å². The number of H-pyrrole nitrogens is 1.